The molecule has 0 unspecified atom stereocenters. The SMILES string of the molecule is CCCCCCCCCOc1ccc(NC(=O)Nc2cc(C(=O)NCCSC)ccc2C)cc1. The van der Waals surface area contributed by atoms with E-state index in [2.05, 4.69) is 22.9 Å². The number of benzene rings is 2. The summed E-state index contributed by atoms with van der Waals surface area (Å²) in [5.74, 6) is 1.51. The van der Waals surface area contributed by atoms with Gasteiger partial charge in [-0.1, -0.05) is 51.5 Å². The number of thioether (sulfide) groups is 1. The van der Waals surface area contributed by atoms with E-state index in [1.54, 1.807) is 23.9 Å². The second-order valence-electron chi connectivity index (χ2n) is 8.35. The largest absolute Gasteiger partial charge is 0.494 e. The first-order valence-electron chi connectivity index (χ1n) is 12.2. The van der Waals surface area contributed by atoms with E-state index in [0.29, 0.717) is 30.1 Å². The first kappa shape index (κ1) is 27.6. The molecule has 0 saturated heterocycles. The molecular formula is C27H39N3O3S. The van der Waals surface area contributed by atoms with Gasteiger partial charge < -0.3 is 20.7 Å². The minimum Gasteiger partial charge on any atom is -0.494 e. The lowest BCUT2D eigenvalue weighted by Crippen LogP contribution is -2.26. The number of ether oxygens (including phenoxy) is 1. The van der Waals surface area contributed by atoms with E-state index in [-0.39, 0.29) is 11.9 Å². The van der Waals surface area contributed by atoms with Crippen LogP contribution in [0.15, 0.2) is 42.5 Å². The van der Waals surface area contributed by atoms with Crippen molar-refractivity contribution in [3.05, 3.63) is 53.6 Å². The molecule has 0 radical (unpaired) electrons. The summed E-state index contributed by atoms with van der Waals surface area (Å²) in [6.45, 7) is 5.44. The van der Waals surface area contributed by atoms with Gasteiger partial charge in [-0.05, 0) is 61.6 Å². The Morgan fingerprint density at radius 1 is 0.912 bits per heavy atom. The summed E-state index contributed by atoms with van der Waals surface area (Å²) in [4.78, 5) is 24.8. The molecule has 0 aliphatic heterocycles. The maximum absolute atomic E-state index is 12.5. The van der Waals surface area contributed by atoms with Crippen LogP contribution in [0.5, 0.6) is 5.75 Å². The van der Waals surface area contributed by atoms with Crippen LogP contribution in [0.25, 0.3) is 0 Å². The van der Waals surface area contributed by atoms with E-state index in [4.69, 9.17) is 4.74 Å². The van der Waals surface area contributed by atoms with Crippen molar-refractivity contribution >= 4 is 35.1 Å². The molecule has 0 aliphatic rings. The van der Waals surface area contributed by atoms with Gasteiger partial charge in [-0.2, -0.15) is 11.8 Å². The Morgan fingerprint density at radius 2 is 1.62 bits per heavy atom. The van der Waals surface area contributed by atoms with E-state index < -0.39 is 0 Å². The van der Waals surface area contributed by atoms with Crippen LogP contribution in [0.2, 0.25) is 0 Å². The number of anilines is 2. The van der Waals surface area contributed by atoms with Crippen LogP contribution in [0, 0.1) is 6.92 Å². The van der Waals surface area contributed by atoms with Gasteiger partial charge in [0.15, 0.2) is 0 Å². The minimum atomic E-state index is -0.361. The van der Waals surface area contributed by atoms with Gasteiger partial charge in [-0.25, -0.2) is 4.79 Å². The fourth-order valence-electron chi connectivity index (χ4n) is 3.43. The van der Waals surface area contributed by atoms with Crippen molar-refractivity contribution in [3.63, 3.8) is 0 Å². The zero-order valence-electron chi connectivity index (χ0n) is 20.7. The molecule has 0 saturated carbocycles. The average molecular weight is 486 g/mol. The van der Waals surface area contributed by atoms with Crippen molar-refractivity contribution in [2.75, 3.05) is 35.8 Å². The van der Waals surface area contributed by atoms with Crippen LogP contribution in [0.1, 0.15) is 67.8 Å². The topological polar surface area (TPSA) is 79.5 Å². The molecule has 2 aromatic rings. The number of nitrogens with one attached hydrogen (secondary N) is 3. The molecule has 2 rings (SSSR count). The van der Waals surface area contributed by atoms with Crippen molar-refractivity contribution in [1.29, 1.82) is 0 Å². The Balaban J connectivity index is 1.77. The minimum absolute atomic E-state index is 0.149. The molecule has 34 heavy (non-hydrogen) atoms. The van der Waals surface area contributed by atoms with Crippen molar-refractivity contribution in [2.45, 2.75) is 58.8 Å². The number of aryl methyl sites for hydroxylation is 1. The molecule has 0 heterocycles. The van der Waals surface area contributed by atoms with Crippen molar-refractivity contribution < 1.29 is 14.3 Å². The third-order valence-corrected chi connectivity index (χ3v) is 6.08. The third-order valence-electron chi connectivity index (χ3n) is 5.47. The number of carbonyl (C=O) groups is 2. The van der Waals surface area contributed by atoms with Gasteiger partial charge in [-0.15, -0.1) is 0 Å². The summed E-state index contributed by atoms with van der Waals surface area (Å²) in [5, 5.41) is 8.54. The molecule has 0 atom stereocenters. The zero-order chi connectivity index (χ0) is 24.6. The van der Waals surface area contributed by atoms with Crippen LogP contribution in [-0.4, -0.2) is 37.1 Å². The Morgan fingerprint density at radius 3 is 2.32 bits per heavy atom. The average Bonchev–Trinajstić information content (AvgIpc) is 2.83. The number of hydrogen-bond donors (Lipinski definition) is 3. The van der Waals surface area contributed by atoms with Gasteiger partial charge >= 0.3 is 6.03 Å². The zero-order valence-corrected chi connectivity index (χ0v) is 21.6. The summed E-state index contributed by atoms with van der Waals surface area (Å²) >= 11 is 1.68. The molecule has 0 fully saturated rings. The van der Waals surface area contributed by atoms with E-state index in [9.17, 15) is 9.59 Å². The summed E-state index contributed by atoms with van der Waals surface area (Å²) in [6.07, 6.45) is 10.8. The van der Waals surface area contributed by atoms with E-state index in [1.165, 1.54) is 38.5 Å². The predicted octanol–water partition coefficient (Wildman–Crippen LogP) is 6.86. The normalized spacial score (nSPS) is 10.6. The first-order chi connectivity index (χ1) is 16.5. The van der Waals surface area contributed by atoms with Crippen LogP contribution in [0.4, 0.5) is 16.2 Å². The smallest absolute Gasteiger partial charge is 0.323 e. The second-order valence-corrected chi connectivity index (χ2v) is 9.34. The molecule has 3 amide bonds. The molecule has 3 N–H and O–H groups in total. The van der Waals surface area contributed by atoms with Crippen LogP contribution in [0.3, 0.4) is 0 Å². The monoisotopic (exact) mass is 485 g/mol. The molecule has 0 aromatic heterocycles. The Bertz CT molecular complexity index is 887. The van der Waals surface area contributed by atoms with Gasteiger partial charge in [0.1, 0.15) is 5.75 Å². The molecule has 7 heteroatoms. The third kappa shape index (κ3) is 10.5. The molecule has 0 bridgehead atoms. The highest BCUT2D eigenvalue weighted by Crippen LogP contribution is 2.19. The lowest BCUT2D eigenvalue weighted by atomic mass is 10.1. The number of rotatable bonds is 15. The lowest BCUT2D eigenvalue weighted by Gasteiger charge is -2.12. The highest BCUT2D eigenvalue weighted by atomic mass is 32.2. The standard InChI is InChI=1S/C27H39N3O3S/c1-4-5-6-7-8-9-10-18-33-24-15-13-23(14-16-24)29-27(32)30-25-20-22(12-11-21(25)2)26(31)28-17-19-34-3/h11-16,20H,4-10,17-19H2,1-3H3,(H,28,31)(H2,29,30,32). The van der Waals surface area contributed by atoms with E-state index >= 15 is 0 Å². The van der Waals surface area contributed by atoms with Crippen LogP contribution < -0.4 is 20.7 Å². The number of hydrogen-bond acceptors (Lipinski definition) is 4. The summed E-state index contributed by atoms with van der Waals surface area (Å²) in [6, 6.07) is 12.3. The molecule has 186 valence electrons. The van der Waals surface area contributed by atoms with Gasteiger partial charge in [0, 0.05) is 29.2 Å². The maximum Gasteiger partial charge on any atom is 0.323 e. The van der Waals surface area contributed by atoms with Gasteiger partial charge in [0.25, 0.3) is 5.91 Å². The number of amides is 3. The molecule has 6 nitrogen and oxygen atoms in total. The quantitative estimate of drug-likeness (QED) is 0.241. The fraction of sp³-hybridized carbons (Fsp3) is 0.481. The van der Waals surface area contributed by atoms with Crippen molar-refractivity contribution in [2.24, 2.45) is 0 Å². The van der Waals surface area contributed by atoms with Crippen LogP contribution >= 0.6 is 11.8 Å². The summed E-state index contributed by atoms with van der Waals surface area (Å²) in [5.41, 5.74) is 2.67. The van der Waals surface area contributed by atoms with Crippen LogP contribution in [-0.2, 0) is 0 Å². The number of urea groups is 1. The molecule has 0 aliphatic carbocycles. The Kier molecular flexibility index (Phi) is 13.0. The van der Waals surface area contributed by atoms with E-state index in [1.807, 2.05) is 43.5 Å². The molecular weight excluding hydrogens is 446 g/mol. The highest BCUT2D eigenvalue weighted by molar-refractivity contribution is 7.98. The number of unbranched alkanes of at least 4 members (excludes halogenated alkanes) is 6. The maximum atomic E-state index is 12.5. The first-order valence-corrected chi connectivity index (χ1v) is 13.6. The molecule has 2 aromatic carbocycles. The van der Waals surface area contributed by atoms with Gasteiger partial charge in [-0.3, -0.25) is 4.79 Å². The van der Waals surface area contributed by atoms with E-state index in [0.717, 1.165) is 23.5 Å². The lowest BCUT2D eigenvalue weighted by molar-refractivity contribution is 0.0956. The van der Waals surface area contributed by atoms with Gasteiger partial charge in [0.05, 0.1) is 6.61 Å². The highest BCUT2D eigenvalue weighted by Gasteiger charge is 2.10. The van der Waals surface area contributed by atoms with Crippen molar-refractivity contribution in [1.82, 2.24) is 5.32 Å². The van der Waals surface area contributed by atoms with Gasteiger partial charge in [0.2, 0.25) is 0 Å². The second kappa shape index (κ2) is 16.0. The fourth-order valence-corrected chi connectivity index (χ4v) is 3.74. The van der Waals surface area contributed by atoms with Crippen molar-refractivity contribution in [3.8, 4) is 5.75 Å². The summed E-state index contributed by atoms with van der Waals surface area (Å²) in [7, 11) is 0. The Hall–Kier alpha value is -2.67. The number of carbonyl (C=O) groups excluding carboxylic acids is 2. The Labute approximate surface area is 208 Å². The predicted molar refractivity (Wildman–Crippen MR) is 144 cm³/mol. The molecule has 0 spiro atoms. The summed E-state index contributed by atoms with van der Waals surface area (Å²) < 4.78 is 5.81.